The normalized spacial score (nSPS) is 18.0. The molecule has 0 atom stereocenters. The van der Waals surface area contributed by atoms with E-state index in [1.54, 1.807) is 0 Å². The standard InChI is InChI=1S/C3H6.Xe/c1-2-3-1;/h1-3H2;. The summed E-state index contributed by atoms with van der Waals surface area (Å²) in [7, 11) is 0. The first-order valence-corrected chi connectivity index (χ1v) is 1.50. The zero-order valence-corrected chi connectivity index (χ0v) is 4.49. The smallest absolute Gasteiger partial charge is 0 e. The fourth-order valence-electron chi connectivity index (χ4n) is 0. The van der Waals surface area contributed by atoms with Crippen LogP contribution >= 0.6 is 0 Å². The van der Waals surface area contributed by atoms with E-state index in [1.165, 1.54) is 19.3 Å². The fraction of sp³-hybridized carbons (Fsp3) is 1.00. The molecule has 0 N–H and O–H groups in total. The van der Waals surface area contributed by atoms with Crippen molar-refractivity contribution in [1.29, 1.82) is 0 Å². The molecule has 0 spiro atoms. The van der Waals surface area contributed by atoms with Gasteiger partial charge in [-0.3, -0.25) is 0 Å². The first-order valence-electron chi connectivity index (χ1n) is 1.50. The van der Waals surface area contributed by atoms with Crippen molar-refractivity contribution < 1.29 is 48.9 Å². The molecular formula is C3H6Xe. The van der Waals surface area contributed by atoms with Crippen LogP contribution in [0.1, 0.15) is 19.3 Å². The second-order valence-electron chi connectivity index (χ2n) is 1.06. The van der Waals surface area contributed by atoms with Crippen molar-refractivity contribution in [2.75, 3.05) is 0 Å². The molecule has 0 aliphatic heterocycles. The van der Waals surface area contributed by atoms with Crippen LogP contribution in [0.2, 0.25) is 0 Å². The minimum absolute atomic E-state index is 0. The molecule has 26 valence electrons. The molecular weight excluding hydrogens is 167 g/mol. The van der Waals surface area contributed by atoms with Gasteiger partial charge in [0.15, 0.2) is 0 Å². The summed E-state index contributed by atoms with van der Waals surface area (Å²) >= 11 is 0. The molecule has 0 aromatic carbocycles. The predicted molar refractivity (Wildman–Crippen MR) is 13.9 cm³/mol. The zero-order chi connectivity index (χ0) is 2.12. The molecule has 0 aromatic rings. The number of rotatable bonds is 0. The summed E-state index contributed by atoms with van der Waals surface area (Å²) in [6, 6.07) is 0. The second kappa shape index (κ2) is 2.79. The molecule has 0 bridgehead atoms. The van der Waals surface area contributed by atoms with Crippen LogP contribution in [0.4, 0.5) is 0 Å². The predicted octanol–water partition coefficient (Wildman–Crippen LogP) is 1.17. The molecule has 4 heavy (non-hydrogen) atoms. The van der Waals surface area contributed by atoms with Crippen LogP contribution in [0.5, 0.6) is 0 Å². The van der Waals surface area contributed by atoms with Gasteiger partial charge in [-0.1, -0.05) is 19.3 Å². The minimum Gasteiger partial charge on any atom is -0.0533 e. The van der Waals surface area contributed by atoms with Gasteiger partial charge < -0.3 is 0 Å². The summed E-state index contributed by atoms with van der Waals surface area (Å²) in [5.41, 5.74) is 0. The monoisotopic (exact) mass is 174 g/mol. The molecule has 0 amide bonds. The van der Waals surface area contributed by atoms with Crippen molar-refractivity contribution in [1.82, 2.24) is 0 Å². The van der Waals surface area contributed by atoms with Gasteiger partial charge in [-0.2, -0.15) is 0 Å². The Kier molecular flexibility index (Phi) is 3.89. The SMILES string of the molecule is C1CC1.[Xe]. The third kappa shape index (κ3) is 3.57. The van der Waals surface area contributed by atoms with Crippen LogP contribution in [0.25, 0.3) is 0 Å². The molecule has 0 radical (unpaired) electrons. The first-order chi connectivity index (χ1) is 1.50. The topological polar surface area (TPSA) is 0 Å². The summed E-state index contributed by atoms with van der Waals surface area (Å²) in [5, 5.41) is 0. The van der Waals surface area contributed by atoms with Crippen molar-refractivity contribution in [3.8, 4) is 0 Å². The van der Waals surface area contributed by atoms with Crippen LogP contribution in [-0.2, 0) is 0 Å². The summed E-state index contributed by atoms with van der Waals surface area (Å²) in [5.74, 6) is 0. The Morgan fingerprint density at radius 1 is 0.750 bits per heavy atom. The van der Waals surface area contributed by atoms with Crippen molar-refractivity contribution in [2.45, 2.75) is 19.3 Å². The van der Waals surface area contributed by atoms with E-state index in [2.05, 4.69) is 0 Å². The quantitative estimate of drug-likeness (QED) is 0.516. The van der Waals surface area contributed by atoms with E-state index < -0.39 is 0 Å². The average Bonchev–Trinajstić information content (AvgIpc) is 1.46. The summed E-state index contributed by atoms with van der Waals surface area (Å²) in [6.07, 6.45) is 4.50. The molecule has 0 unspecified atom stereocenters. The van der Waals surface area contributed by atoms with E-state index >= 15 is 0 Å². The van der Waals surface area contributed by atoms with Gasteiger partial charge in [0.1, 0.15) is 0 Å². The molecule has 0 heterocycles. The van der Waals surface area contributed by atoms with Gasteiger partial charge in [0.05, 0.1) is 0 Å². The van der Waals surface area contributed by atoms with E-state index in [4.69, 9.17) is 0 Å². The van der Waals surface area contributed by atoms with Gasteiger partial charge in [-0.15, -0.1) is 0 Å². The number of hydrogen-bond acceptors (Lipinski definition) is 0. The Morgan fingerprint density at radius 2 is 1.00 bits per heavy atom. The maximum atomic E-state index is 1.50. The van der Waals surface area contributed by atoms with E-state index in [9.17, 15) is 0 Å². The van der Waals surface area contributed by atoms with Gasteiger partial charge >= 0.3 is 0 Å². The molecule has 1 aliphatic carbocycles. The molecule has 0 aromatic heterocycles. The Morgan fingerprint density at radius 3 is 1.00 bits per heavy atom. The maximum absolute atomic E-state index is 1.50. The second-order valence-corrected chi connectivity index (χ2v) is 1.06. The van der Waals surface area contributed by atoms with Crippen molar-refractivity contribution >= 4 is 0 Å². The summed E-state index contributed by atoms with van der Waals surface area (Å²) in [6.45, 7) is 0. The number of hydrogen-bond donors (Lipinski definition) is 0. The molecule has 1 heteroatoms. The van der Waals surface area contributed by atoms with Crippen molar-refractivity contribution in [3.05, 3.63) is 0 Å². The minimum atomic E-state index is 0. The zero-order valence-electron chi connectivity index (χ0n) is 2.47. The van der Waals surface area contributed by atoms with E-state index in [1.807, 2.05) is 0 Å². The third-order valence-corrected chi connectivity index (χ3v) is 0.354. The molecule has 1 rings (SSSR count). The summed E-state index contributed by atoms with van der Waals surface area (Å²) < 4.78 is 0. The Bertz CT molecular complexity index is 8.00. The average molecular weight is 173 g/mol. The summed E-state index contributed by atoms with van der Waals surface area (Å²) in [4.78, 5) is 0. The Hall–Kier alpha value is 1.57. The van der Waals surface area contributed by atoms with Crippen molar-refractivity contribution in [3.63, 3.8) is 0 Å². The van der Waals surface area contributed by atoms with Crippen LogP contribution in [0.3, 0.4) is 0 Å². The van der Waals surface area contributed by atoms with Gasteiger partial charge in [0.25, 0.3) is 0 Å². The van der Waals surface area contributed by atoms with Gasteiger partial charge in [-0.05, 0) is 0 Å². The Balaban J connectivity index is 0.0000000900. The van der Waals surface area contributed by atoms with Crippen LogP contribution < -0.4 is 0 Å². The molecule has 1 saturated carbocycles. The molecule has 1 fully saturated rings. The third-order valence-electron chi connectivity index (χ3n) is 0.354. The van der Waals surface area contributed by atoms with Crippen LogP contribution in [-0.4, -0.2) is 0 Å². The largest absolute Gasteiger partial charge is 0.0533 e. The van der Waals surface area contributed by atoms with Crippen LogP contribution in [0.15, 0.2) is 0 Å². The van der Waals surface area contributed by atoms with Gasteiger partial charge in [0.2, 0.25) is 0 Å². The van der Waals surface area contributed by atoms with Crippen molar-refractivity contribution in [2.24, 2.45) is 0 Å². The maximum Gasteiger partial charge on any atom is 0 e. The van der Waals surface area contributed by atoms with Gasteiger partial charge in [0, 0.05) is 48.9 Å². The Labute approximate surface area is 67.0 Å². The van der Waals surface area contributed by atoms with Crippen LogP contribution in [0, 0.1) is 48.9 Å². The van der Waals surface area contributed by atoms with E-state index in [-0.39, 0.29) is 48.9 Å². The fourth-order valence-corrected chi connectivity index (χ4v) is 0. The first kappa shape index (κ1) is 5.57. The van der Waals surface area contributed by atoms with E-state index in [0.29, 0.717) is 0 Å². The molecule has 0 saturated heterocycles. The van der Waals surface area contributed by atoms with Gasteiger partial charge in [-0.25, -0.2) is 0 Å². The van der Waals surface area contributed by atoms with E-state index in [0.717, 1.165) is 0 Å². The molecule has 0 nitrogen and oxygen atoms in total. The molecule has 1 aliphatic rings.